The molecule has 0 fully saturated rings. The fraction of sp³-hybridized carbons (Fsp3) is 0.120. The third-order valence-corrected chi connectivity index (χ3v) is 6.32. The minimum Gasteiger partial charge on any atom is -0.340 e. The molecule has 34 heavy (non-hydrogen) atoms. The minimum absolute atomic E-state index is 0.306. The van der Waals surface area contributed by atoms with Crippen LogP contribution in [0.1, 0.15) is 15.9 Å². The van der Waals surface area contributed by atoms with E-state index in [9.17, 15) is 9.59 Å². The molecule has 3 aromatic carbocycles. The molecule has 2 N–H and O–H groups in total. The Balaban J connectivity index is 1.46. The number of rotatable bonds is 8. The first-order valence-corrected chi connectivity index (χ1v) is 11.7. The first-order valence-electron chi connectivity index (χ1n) is 10.5. The molecular formula is C25H22ClN5O2S. The van der Waals surface area contributed by atoms with Crippen molar-refractivity contribution in [2.75, 3.05) is 5.32 Å². The third kappa shape index (κ3) is 6.24. The van der Waals surface area contributed by atoms with Gasteiger partial charge in [0, 0.05) is 34.6 Å². The predicted octanol–water partition coefficient (Wildman–Crippen LogP) is 4.60. The van der Waals surface area contributed by atoms with Crippen LogP contribution in [0.3, 0.4) is 0 Å². The summed E-state index contributed by atoms with van der Waals surface area (Å²) in [6, 6.07) is 22.8. The van der Waals surface area contributed by atoms with Gasteiger partial charge in [0.1, 0.15) is 12.4 Å². The topological polar surface area (TPSA) is 88.9 Å². The lowest BCUT2D eigenvalue weighted by atomic mass is 10.0. The number of halogens is 1. The van der Waals surface area contributed by atoms with E-state index in [4.69, 9.17) is 11.6 Å². The molecule has 0 aliphatic heterocycles. The lowest BCUT2D eigenvalue weighted by Crippen LogP contribution is -2.45. The number of hydrogen-bond acceptors (Lipinski definition) is 5. The smallest absolute Gasteiger partial charge is 0.251 e. The van der Waals surface area contributed by atoms with Crippen LogP contribution < -0.4 is 10.6 Å². The van der Waals surface area contributed by atoms with E-state index in [1.54, 1.807) is 30.6 Å². The Morgan fingerprint density at radius 2 is 1.71 bits per heavy atom. The van der Waals surface area contributed by atoms with Crippen LogP contribution in [-0.4, -0.2) is 32.6 Å². The number of anilines is 1. The quantitative estimate of drug-likeness (QED) is 0.376. The Bertz CT molecular complexity index is 1260. The molecule has 1 atom stereocenters. The highest BCUT2D eigenvalue weighted by Crippen LogP contribution is 2.26. The number of aryl methyl sites for hydroxylation is 1. The Kier molecular flexibility index (Phi) is 7.61. The summed E-state index contributed by atoms with van der Waals surface area (Å²) in [6.45, 7) is 0. The lowest BCUT2D eigenvalue weighted by Gasteiger charge is -2.19. The number of hydrogen-bond donors (Lipinski definition) is 2. The molecule has 0 saturated heterocycles. The molecule has 4 rings (SSSR count). The van der Waals surface area contributed by atoms with E-state index in [0.29, 0.717) is 22.7 Å². The van der Waals surface area contributed by atoms with Crippen molar-refractivity contribution in [2.24, 2.45) is 7.05 Å². The second-order valence-electron chi connectivity index (χ2n) is 7.56. The van der Waals surface area contributed by atoms with Crippen molar-refractivity contribution in [3.63, 3.8) is 0 Å². The first kappa shape index (κ1) is 23.5. The summed E-state index contributed by atoms with van der Waals surface area (Å²) in [5.74, 6) is -0.650. The number of benzene rings is 3. The standard InChI is InChI=1S/C25H22ClN5O2S/c1-31-16-27-30-25(31)34-21-13-11-20(12-14-21)28-24(33)22(15-17-5-3-2-4-6-17)29-23(32)18-7-9-19(26)10-8-18/h2-14,16,22H,15H2,1H3,(H,28,33)(H,29,32). The normalized spacial score (nSPS) is 11.6. The average molecular weight is 492 g/mol. The van der Waals surface area contributed by atoms with Crippen molar-refractivity contribution in [1.29, 1.82) is 0 Å². The molecule has 172 valence electrons. The summed E-state index contributed by atoms with van der Waals surface area (Å²) in [6.07, 6.45) is 1.99. The van der Waals surface area contributed by atoms with Crippen molar-refractivity contribution in [3.8, 4) is 0 Å². The third-order valence-electron chi connectivity index (χ3n) is 5.01. The highest BCUT2D eigenvalue weighted by molar-refractivity contribution is 7.99. The molecule has 1 aromatic heterocycles. The van der Waals surface area contributed by atoms with Gasteiger partial charge in [-0.25, -0.2) is 0 Å². The zero-order valence-electron chi connectivity index (χ0n) is 18.3. The summed E-state index contributed by atoms with van der Waals surface area (Å²) < 4.78 is 1.83. The van der Waals surface area contributed by atoms with Crippen LogP contribution in [0.5, 0.6) is 0 Å². The fourth-order valence-electron chi connectivity index (χ4n) is 3.21. The van der Waals surface area contributed by atoms with Crippen LogP contribution in [0.15, 0.2) is 95.2 Å². The fourth-order valence-corrected chi connectivity index (χ4v) is 4.10. The zero-order chi connectivity index (χ0) is 23.9. The molecule has 1 heterocycles. The van der Waals surface area contributed by atoms with Gasteiger partial charge in [-0.3, -0.25) is 9.59 Å². The van der Waals surface area contributed by atoms with E-state index < -0.39 is 6.04 Å². The summed E-state index contributed by atoms with van der Waals surface area (Å²) >= 11 is 7.40. The minimum atomic E-state index is -0.765. The van der Waals surface area contributed by atoms with Gasteiger partial charge < -0.3 is 15.2 Å². The van der Waals surface area contributed by atoms with Gasteiger partial charge in [0.25, 0.3) is 5.91 Å². The molecule has 4 aromatic rings. The molecule has 0 saturated carbocycles. The van der Waals surface area contributed by atoms with Crippen LogP contribution in [0.25, 0.3) is 0 Å². The number of amides is 2. The van der Waals surface area contributed by atoms with Crippen LogP contribution in [0.4, 0.5) is 5.69 Å². The molecule has 0 aliphatic rings. The molecule has 2 amide bonds. The van der Waals surface area contributed by atoms with E-state index in [-0.39, 0.29) is 11.8 Å². The highest BCUT2D eigenvalue weighted by Gasteiger charge is 2.22. The van der Waals surface area contributed by atoms with E-state index in [2.05, 4.69) is 20.8 Å². The van der Waals surface area contributed by atoms with Gasteiger partial charge in [0.2, 0.25) is 5.91 Å². The van der Waals surface area contributed by atoms with Crippen molar-refractivity contribution in [2.45, 2.75) is 22.5 Å². The number of carbonyl (C=O) groups excluding carboxylic acids is 2. The summed E-state index contributed by atoms with van der Waals surface area (Å²) in [7, 11) is 1.88. The maximum atomic E-state index is 13.2. The van der Waals surface area contributed by atoms with E-state index in [1.807, 2.05) is 66.2 Å². The highest BCUT2D eigenvalue weighted by atomic mass is 35.5. The average Bonchev–Trinajstić information content (AvgIpc) is 3.25. The Morgan fingerprint density at radius 1 is 1.00 bits per heavy atom. The molecule has 0 aliphatic carbocycles. The maximum Gasteiger partial charge on any atom is 0.251 e. The molecular weight excluding hydrogens is 470 g/mol. The van der Waals surface area contributed by atoms with Gasteiger partial charge in [0.15, 0.2) is 5.16 Å². The Labute approximate surface area is 206 Å². The Hall–Kier alpha value is -3.62. The van der Waals surface area contributed by atoms with E-state index in [1.165, 1.54) is 11.8 Å². The van der Waals surface area contributed by atoms with Crippen LogP contribution in [-0.2, 0) is 18.3 Å². The van der Waals surface area contributed by atoms with Gasteiger partial charge in [-0.15, -0.1) is 10.2 Å². The van der Waals surface area contributed by atoms with Crippen LogP contribution in [0.2, 0.25) is 5.02 Å². The molecule has 1 unspecified atom stereocenters. The van der Waals surface area contributed by atoms with Crippen molar-refractivity contribution in [3.05, 3.63) is 101 Å². The second-order valence-corrected chi connectivity index (χ2v) is 9.04. The number of carbonyl (C=O) groups is 2. The summed E-state index contributed by atoms with van der Waals surface area (Å²) in [4.78, 5) is 26.9. The van der Waals surface area contributed by atoms with Gasteiger partial charge >= 0.3 is 0 Å². The van der Waals surface area contributed by atoms with Crippen molar-refractivity contribution < 1.29 is 9.59 Å². The number of nitrogens with zero attached hydrogens (tertiary/aromatic N) is 3. The lowest BCUT2D eigenvalue weighted by molar-refractivity contribution is -0.118. The molecule has 0 bridgehead atoms. The monoisotopic (exact) mass is 491 g/mol. The SMILES string of the molecule is Cn1cnnc1Sc1ccc(NC(=O)C(Cc2ccccc2)NC(=O)c2ccc(Cl)cc2)cc1. The molecule has 0 spiro atoms. The van der Waals surface area contributed by atoms with Crippen molar-refractivity contribution >= 4 is 40.9 Å². The van der Waals surface area contributed by atoms with E-state index in [0.717, 1.165) is 15.6 Å². The molecule has 9 heteroatoms. The Morgan fingerprint density at radius 3 is 2.35 bits per heavy atom. The van der Waals surface area contributed by atoms with Gasteiger partial charge in [-0.05, 0) is 65.9 Å². The maximum absolute atomic E-state index is 13.2. The predicted molar refractivity (Wildman–Crippen MR) is 133 cm³/mol. The summed E-state index contributed by atoms with van der Waals surface area (Å²) in [5, 5.41) is 15.0. The van der Waals surface area contributed by atoms with E-state index >= 15 is 0 Å². The van der Waals surface area contributed by atoms with Gasteiger partial charge in [-0.2, -0.15) is 0 Å². The molecule has 7 nitrogen and oxygen atoms in total. The molecule has 0 radical (unpaired) electrons. The number of aromatic nitrogens is 3. The second kappa shape index (κ2) is 11.0. The van der Waals surface area contributed by atoms with Gasteiger partial charge in [0.05, 0.1) is 0 Å². The van der Waals surface area contributed by atoms with Gasteiger partial charge in [-0.1, -0.05) is 41.9 Å². The first-order chi connectivity index (χ1) is 16.5. The zero-order valence-corrected chi connectivity index (χ0v) is 19.9. The van der Waals surface area contributed by atoms with Crippen LogP contribution in [0, 0.1) is 0 Å². The van der Waals surface area contributed by atoms with Crippen LogP contribution >= 0.6 is 23.4 Å². The summed E-state index contributed by atoms with van der Waals surface area (Å²) in [5.41, 5.74) is 2.00. The number of nitrogens with one attached hydrogen (secondary N) is 2. The largest absolute Gasteiger partial charge is 0.340 e. The van der Waals surface area contributed by atoms with Crippen molar-refractivity contribution in [1.82, 2.24) is 20.1 Å².